The van der Waals surface area contributed by atoms with E-state index in [9.17, 15) is 4.79 Å². The number of allylic oxidation sites excluding steroid dienone is 3. The molecule has 3 nitrogen and oxygen atoms in total. The zero-order valence-electron chi connectivity index (χ0n) is 17.0. The fourth-order valence-corrected chi connectivity index (χ4v) is 2.92. The first-order chi connectivity index (χ1) is 11.6. The fraction of sp³-hybridized carbons (Fsp3) is 0.714. The standard InChI is InChI=1S/C19H32N2O.C2H6/c1-6-10-17(11-7-2)21(18(22)9-4)19-15(5)12-13-16(8-3)14-20-19;1-2/h13-14,17H,6-12H2,1-5H3;1-2H3. The van der Waals surface area contributed by atoms with E-state index in [2.05, 4.69) is 33.8 Å². The Morgan fingerprint density at radius 1 is 1.17 bits per heavy atom. The van der Waals surface area contributed by atoms with Gasteiger partial charge in [-0.3, -0.25) is 9.69 Å². The molecular formula is C21H38N2O. The zero-order chi connectivity index (χ0) is 18.5. The van der Waals surface area contributed by atoms with Crippen molar-refractivity contribution in [2.24, 2.45) is 4.99 Å². The van der Waals surface area contributed by atoms with E-state index in [1.165, 1.54) is 11.1 Å². The first kappa shape index (κ1) is 22.6. The minimum absolute atomic E-state index is 0.193. The van der Waals surface area contributed by atoms with Crippen molar-refractivity contribution in [3.05, 3.63) is 23.0 Å². The quantitative estimate of drug-likeness (QED) is 0.515. The molecule has 0 atom stereocenters. The van der Waals surface area contributed by atoms with Crippen molar-refractivity contribution in [2.45, 2.75) is 99.5 Å². The van der Waals surface area contributed by atoms with Gasteiger partial charge in [0, 0.05) is 18.7 Å². The number of carbonyl (C=O) groups excluding carboxylic acids is 1. The van der Waals surface area contributed by atoms with E-state index < -0.39 is 0 Å². The van der Waals surface area contributed by atoms with Crippen molar-refractivity contribution in [2.75, 3.05) is 0 Å². The third-order valence-corrected chi connectivity index (χ3v) is 4.22. The Hall–Kier alpha value is -1.38. The summed E-state index contributed by atoms with van der Waals surface area (Å²) in [5.41, 5.74) is 2.44. The predicted octanol–water partition coefficient (Wildman–Crippen LogP) is 6.26. The Labute approximate surface area is 149 Å². The highest BCUT2D eigenvalue weighted by Gasteiger charge is 2.26. The van der Waals surface area contributed by atoms with E-state index in [0.29, 0.717) is 6.42 Å². The molecule has 138 valence electrons. The smallest absolute Gasteiger partial charge is 0.228 e. The molecule has 0 aromatic rings. The Morgan fingerprint density at radius 2 is 1.75 bits per heavy atom. The lowest BCUT2D eigenvalue weighted by atomic mass is 10.0. The molecule has 1 aliphatic heterocycles. The van der Waals surface area contributed by atoms with Gasteiger partial charge in [-0.2, -0.15) is 0 Å². The Balaban J connectivity index is 0.00000254. The van der Waals surface area contributed by atoms with E-state index in [-0.39, 0.29) is 11.9 Å². The number of hydrogen-bond donors (Lipinski definition) is 0. The average molecular weight is 335 g/mol. The third-order valence-electron chi connectivity index (χ3n) is 4.22. The van der Waals surface area contributed by atoms with E-state index in [0.717, 1.165) is 44.3 Å². The van der Waals surface area contributed by atoms with Gasteiger partial charge in [0.1, 0.15) is 5.82 Å². The highest BCUT2D eigenvalue weighted by Crippen LogP contribution is 2.26. The molecule has 0 aromatic heterocycles. The largest absolute Gasteiger partial charge is 0.294 e. The van der Waals surface area contributed by atoms with Crippen LogP contribution < -0.4 is 0 Å². The predicted molar refractivity (Wildman–Crippen MR) is 106 cm³/mol. The van der Waals surface area contributed by atoms with Crippen molar-refractivity contribution in [3.63, 3.8) is 0 Å². The molecule has 0 spiro atoms. The van der Waals surface area contributed by atoms with Gasteiger partial charge in [-0.25, -0.2) is 4.99 Å². The summed E-state index contributed by atoms with van der Waals surface area (Å²) in [6.07, 6.45) is 10.8. The number of carbonyl (C=O) groups is 1. The first-order valence-corrected chi connectivity index (χ1v) is 9.83. The van der Waals surface area contributed by atoms with Crippen LogP contribution in [0.1, 0.15) is 93.4 Å². The molecule has 1 aliphatic rings. The van der Waals surface area contributed by atoms with Crippen LogP contribution in [0, 0.1) is 0 Å². The minimum Gasteiger partial charge on any atom is -0.294 e. The molecule has 0 aliphatic carbocycles. The number of rotatable bonds is 8. The van der Waals surface area contributed by atoms with Gasteiger partial charge in [-0.05, 0) is 43.8 Å². The normalized spacial score (nSPS) is 14.1. The van der Waals surface area contributed by atoms with Crippen LogP contribution in [0.2, 0.25) is 0 Å². The molecular weight excluding hydrogens is 296 g/mol. The SMILES string of the molecule is CC.CCCC(CCC)N(C(=O)CC)C1=C(C)CC=C(CC)C=N1. The fourth-order valence-electron chi connectivity index (χ4n) is 2.92. The van der Waals surface area contributed by atoms with Crippen LogP contribution in [0.3, 0.4) is 0 Å². The molecule has 1 rings (SSSR count). The van der Waals surface area contributed by atoms with E-state index in [1.807, 2.05) is 31.9 Å². The Bertz CT molecular complexity index is 454. The van der Waals surface area contributed by atoms with Crippen molar-refractivity contribution >= 4 is 12.1 Å². The highest BCUT2D eigenvalue weighted by atomic mass is 16.2. The second kappa shape index (κ2) is 13.0. The van der Waals surface area contributed by atoms with Crippen LogP contribution in [0.5, 0.6) is 0 Å². The van der Waals surface area contributed by atoms with Gasteiger partial charge in [0.25, 0.3) is 0 Å². The summed E-state index contributed by atoms with van der Waals surface area (Å²) in [5.74, 6) is 1.08. The van der Waals surface area contributed by atoms with Gasteiger partial charge >= 0.3 is 0 Å². The van der Waals surface area contributed by atoms with Gasteiger partial charge < -0.3 is 0 Å². The molecule has 0 unspecified atom stereocenters. The maximum absolute atomic E-state index is 12.6. The second-order valence-corrected chi connectivity index (χ2v) is 6.05. The van der Waals surface area contributed by atoms with Crippen LogP contribution in [0.25, 0.3) is 0 Å². The molecule has 0 bridgehead atoms. The topological polar surface area (TPSA) is 32.7 Å². The van der Waals surface area contributed by atoms with Crippen molar-refractivity contribution in [3.8, 4) is 0 Å². The molecule has 1 amide bonds. The maximum Gasteiger partial charge on any atom is 0.228 e. The summed E-state index contributed by atoms with van der Waals surface area (Å²) >= 11 is 0. The van der Waals surface area contributed by atoms with Crippen LogP contribution in [0.15, 0.2) is 28.0 Å². The van der Waals surface area contributed by atoms with Crippen molar-refractivity contribution in [1.82, 2.24) is 4.90 Å². The zero-order valence-corrected chi connectivity index (χ0v) is 17.0. The third kappa shape index (κ3) is 6.62. The molecule has 1 heterocycles. The molecule has 0 saturated carbocycles. The molecule has 0 saturated heterocycles. The lowest BCUT2D eigenvalue weighted by Gasteiger charge is -2.32. The van der Waals surface area contributed by atoms with Crippen molar-refractivity contribution < 1.29 is 4.79 Å². The van der Waals surface area contributed by atoms with Crippen LogP contribution >= 0.6 is 0 Å². The number of aliphatic imine (C=N–C) groups is 1. The molecule has 3 heteroatoms. The molecule has 0 aromatic carbocycles. The van der Waals surface area contributed by atoms with E-state index in [1.54, 1.807) is 0 Å². The van der Waals surface area contributed by atoms with Gasteiger partial charge in [-0.15, -0.1) is 0 Å². The Kier molecular flexibility index (Phi) is 12.2. The minimum atomic E-state index is 0.193. The summed E-state index contributed by atoms with van der Waals surface area (Å²) in [4.78, 5) is 19.3. The van der Waals surface area contributed by atoms with Crippen molar-refractivity contribution in [1.29, 1.82) is 0 Å². The molecule has 0 radical (unpaired) electrons. The number of hydrogen-bond acceptors (Lipinski definition) is 2. The Morgan fingerprint density at radius 3 is 2.21 bits per heavy atom. The number of amides is 1. The average Bonchev–Trinajstić information content (AvgIpc) is 2.79. The highest BCUT2D eigenvalue weighted by molar-refractivity contribution is 5.82. The van der Waals surface area contributed by atoms with E-state index in [4.69, 9.17) is 4.99 Å². The lowest BCUT2D eigenvalue weighted by molar-refractivity contribution is -0.131. The summed E-state index contributed by atoms with van der Waals surface area (Å²) in [5, 5.41) is 0. The van der Waals surface area contributed by atoms with Crippen LogP contribution in [0.4, 0.5) is 0 Å². The molecule has 0 N–H and O–H groups in total. The van der Waals surface area contributed by atoms with Crippen LogP contribution in [-0.4, -0.2) is 23.1 Å². The summed E-state index contributed by atoms with van der Waals surface area (Å²) in [6, 6.07) is 0.271. The molecule has 0 fully saturated rings. The lowest BCUT2D eigenvalue weighted by Crippen LogP contribution is -2.39. The monoisotopic (exact) mass is 334 g/mol. The first-order valence-electron chi connectivity index (χ1n) is 9.83. The van der Waals surface area contributed by atoms with E-state index >= 15 is 0 Å². The summed E-state index contributed by atoms with van der Waals surface area (Å²) in [6.45, 7) is 14.6. The van der Waals surface area contributed by atoms with Gasteiger partial charge in [0.05, 0.1) is 0 Å². The van der Waals surface area contributed by atoms with Gasteiger partial charge in [-0.1, -0.05) is 60.5 Å². The number of nitrogens with zero attached hydrogens (tertiary/aromatic N) is 2. The molecule has 24 heavy (non-hydrogen) atoms. The summed E-state index contributed by atoms with van der Waals surface area (Å²) < 4.78 is 0. The maximum atomic E-state index is 12.6. The second-order valence-electron chi connectivity index (χ2n) is 6.05. The summed E-state index contributed by atoms with van der Waals surface area (Å²) in [7, 11) is 0. The van der Waals surface area contributed by atoms with Gasteiger partial charge in [0.2, 0.25) is 5.91 Å². The van der Waals surface area contributed by atoms with Crippen LogP contribution in [-0.2, 0) is 4.79 Å². The van der Waals surface area contributed by atoms with Gasteiger partial charge in [0.15, 0.2) is 0 Å².